The van der Waals surface area contributed by atoms with Crippen LogP contribution in [0, 0.1) is 0 Å². The molecule has 5 aromatic rings. The second-order valence-corrected chi connectivity index (χ2v) is 25.3. The van der Waals surface area contributed by atoms with Crippen LogP contribution < -0.4 is 14.3 Å². The number of sulfonamides is 4. The van der Waals surface area contributed by atoms with E-state index in [1.807, 2.05) is 6.07 Å². The zero-order chi connectivity index (χ0) is 52.1. The zero-order valence-corrected chi connectivity index (χ0v) is 43.4. The molecule has 0 amide bonds. The summed E-state index contributed by atoms with van der Waals surface area (Å²) in [5.74, 6) is -1.08. The van der Waals surface area contributed by atoms with Crippen LogP contribution in [-0.4, -0.2) is 164 Å². The van der Waals surface area contributed by atoms with Crippen molar-refractivity contribution in [3.63, 3.8) is 0 Å². The Bertz CT molecular complexity index is 2980. The van der Waals surface area contributed by atoms with E-state index in [9.17, 15) is 47.2 Å². The zero-order valence-electron chi connectivity index (χ0n) is 40.1. The van der Waals surface area contributed by atoms with Gasteiger partial charge >= 0.3 is 6.43 Å². The van der Waals surface area contributed by atoms with E-state index in [4.69, 9.17) is 10.2 Å². The maximum absolute atomic E-state index is 13.4. The number of benzene rings is 4. The lowest BCUT2D eigenvalue weighted by Gasteiger charge is -2.33. The first-order valence-electron chi connectivity index (χ1n) is 23.1. The summed E-state index contributed by atoms with van der Waals surface area (Å²) >= 11 is 0. The average Bonchev–Trinajstić information content (AvgIpc) is 3.87. The van der Waals surface area contributed by atoms with E-state index in [2.05, 4.69) is 20.0 Å². The normalized spacial score (nSPS) is 15.8. The number of hydrogen-bond acceptors (Lipinski definition) is 15. The van der Waals surface area contributed by atoms with Crippen molar-refractivity contribution in [2.75, 3.05) is 105 Å². The van der Waals surface area contributed by atoms with Gasteiger partial charge in [0.25, 0.3) is 5.89 Å². The molecule has 25 heteroatoms. The van der Waals surface area contributed by atoms with Gasteiger partial charge < -0.3 is 20.0 Å². The Morgan fingerprint density at radius 3 is 1.36 bits per heavy atom. The second-order valence-electron chi connectivity index (χ2n) is 17.3. The van der Waals surface area contributed by atoms with Gasteiger partial charge in [-0.3, -0.25) is 13.4 Å². The molecule has 19 nitrogen and oxygen atoms in total. The summed E-state index contributed by atoms with van der Waals surface area (Å²) < 4.78 is 136. The van der Waals surface area contributed by atoms with E-state index in [1.165, 1.54) is 29.7 Å². The van der Waals surface area contributed by atoms with Crippen molar-refractivity contribution in [1.29, 1.82) is 0 Å². The lowest BCUT2D eigenvalue weighted by Crippen LogP contribution is -2.48. The largest absolute Gasteiger partial charge is 0.415 e. The van der Waals surface area contributed by atoms with Crippen LogP contribution in [0.25, 0.3) is 11.5 Å². The Hall–Kier alpha value is -5.25. The van der Waals surface area contributed by atoms with Crippen molar-refractivity contribution in [3.8, 4) is 11.5 Å². The SMILES string of the molecule is CS(=O)(=O)N1CCN(CCCS(=O)(=O)N(Cc2ccc(-c3nnc(C(F)F)o3)cc2)c2ccccc2)CC1.CS(=O)(=O)N1CCN(CCCS(=O)(=O)N(Cc2ccc(C(=O)CN)cc2)c2ccccc2)CC1. The van der Waals surface area contributed by atoms with Crippen molar-refractivity contribution in [1.82, 2.24) is 28.6 Å². The Labute approximate surface area is 421 Å². The van der Waals surface area contributed by atoms with Crippen LogP contribution in [0.4, 0.5) is 20.2 Å². The van der Waals surface area contributed by atoms with Gasteiger partial charge in [0.1, 0.15) is 0 Å². The first-order chi connectivity index (χ1) is 34.1. The van der Waals surface area contributed by atoms with Gasteiger partial charge in [-0.2, -0.15) is 17.4 Å². The average molecular weight is 1080 g/mol. The number of piperazine rings is 2. The number of aromatic nitrogens is 2. The first kappa shape index (κ1) is 56.1. The van der Waals surface area contributed by atoms with Gasteiger partial charge in [0, 0.05) is 63.5 Å². The van der Waals surface area contributed by atoms with Gasteiger partial charge in [0.15, 0.2) is 5.78 Å². The van der Waals surface area contributed by atoms with Crippen LogP contribution in [0.15, 0.2) is 114 Å². The Morgan fingerprint density at radius 2 is 1.00 bits per heavy atom. The fourth-order valence-electron chi connectivity index (χ4n) is 8.06. The molecule has 7 rings (SSSR count). The number of Topliss-reactive ketones (excluding diaryl/α,β-unsaturated/α-hetero) is 1. The fraction of sp³-hybridized carbons (Fsp3) is 0.426. The molecule has 3 heterocycles. The number of nitrogens with zero attached hydrogens (tertiary/aromatic N) is 8. The highest BCUT2D eigenvalue weighted by Crippen LogP contribution is 2.27. The predicted molar refractivity (Wildman–Crippen MR) is 272 cm³/mol. The molecule has 0 bridgehead atoms. The third-order valence-electron chi connectivity index (χ3n) is 12.1. The molecular formula is C47H61F2N9O10S4. The molecule has 2 saturated heterocycles. The molecule has 2 N–H and O–H groups in total. The molecule has 0 aliphatic carbocycles. The highest BCUT2D eigenvalue weighted by Gasteiger charge is 2.28. The summed E-state index contributed by atoms with van der Waals surface area (Å²) in [6.07, 6.45) is 0.366. The summed E-state index contributed by atoms with van der Waals surface area (Å²) in [4.78, 5) is 15.9. The smallest absolute Gasteiger partial charge is 0.314 e. The van der Waals surface area contributed by atoms with Gasteiger partial charge in [-0.1, -0.05) is 72.8 Å². The number of nitrogens with two attached hydrogens (primary N) is 1. The molecule has 2 aliphatic rings. The standard InChI is InChI=1S/C24H29F2N5O5S2.C23H32N4O5S2/c1-37(32,33)30-15-13-29(14-16-30)12-5-17-38(34,35)31(21-6-3-2-4-7-21)18-19-8-10-20(11-9-19)23-27-28-24(36-23)22(25)26;1-33(29,30)26-15-13-25(14-16-26)12-5-17-34(31,32)27(22-6-3-2-4-7-22)19-20-8-10-21(11-9-20)23(28)18-24/h2-4,6-11,22H,5,12-18H2,1H3;2-4,6-11H,5,12-19,24H2,1H3. The van der Waals surface area contributed by atoms with Gasteiger partial charge in [0.05, 0.1) is 55.0 Å². The van der Waals surface area contributed by atoms with E-state index in [-0.39, 0.29) is 42.8 Å². The number of alkyl halides is 2. The van der Waals surface area contributed by atoms with E-state index in [1.54, 1.807) is 103 Å². The molecule has 0 unspecified atom stereocenters. The van der Waals surface area contributed by atoms with Crippen LogP contribution in [0.1, 0.15) is 46.6 Å². The predicted octanol–water partition coefficient (Wildman–Crippen LogP) is 4.11. The molecule has 0 saturated carbocycles. The van der Waals surface area contributed by atoms with E-state index in [0.29, 0.717) is 106 Å². The molecule has 0 radical (unpaired) electrons. The van der Waals surface area contributed by atoms with Crippen molar-refractivity contribution < 1.29 is 51.7 Å². The third kappa shape index (κ3) is 16.1. The van der Waals surface area contributed by atoms with Crippen molar-refractivity contribution in [2.45, 2.75) is 32.4 Å². The number of anilines is 2. The summed E-state index contributed by atoms with van der Waals surface area (Å²) in [6, 6.07) is 31.1. The van der Waals surface area contributed by atoms with Crippen LogP contribution in [0.3, 0.4) is 0 Å². The molecule has 72 heavy (non-hydrogen) atoms. The third-order valence-corrected chi connectivity index (χ3v) is 18.3. The molecule has 2 aliphatic heterocycles. The number of carbonyl (C=O) groups is 1. The van der Waals surface area contributed by atoms with Crippen LogP contribution in [0.2, 0.25) is 0 Å². The molecule has 1 aromatic heterocycles. The lowest BCUT2D eigenvalue weighted by atomic mass is 10.1. The van der Waals surface area contributed by atoms with Crippen LogP contribution >= 0.6 is 0 Å². The Morgan fingerprint density at radius 1 is 0.597 bits per heavy atom. The summed E-state index contributed by atoms with van der Waals surface area (Å²) in [5, 5.41) is 6.96. The van der Waals surface area contributed by atoms with Gasteiger partial charge in [0.2, 0.25) is 46.0 Å². The Balaban J connectivity index is 0.000000237. The van der Waals surface area contributed by atoms with Crippen molar-refractivity contribution in [2.24, 2.45) is 5.73 Å². The maximum Gasteiger partial charge on any atom is 0.314 e. The number of rotatable bonds is 22. The first-order valence-corrected chi connectivity index (χ1v) is 30.0. The highest BCUT2D eigenvalue weighted by atomic mass is 32.2. The van der Waals surface area contributed by atoms with Crippen LogP contribution in [0.5, 0.6) is 0 Å². The van der Waals surface area contributed by atoms with Gasteiger partial charge in [-0.15, -0.1) is 10.2 Å². The monoisotopic (exact) mass is 1080 g/mol. The molecular weight excluding hydrogens is 1020 g/mol. The molecule has 4 aromatic carbocycles. The fourth-order valence-corrected chi connectivity index (χ4v) is 12.7. The minimum absolute atomic E-state index is 0.0298. The number of carbonyl (C=O) groups excluding carboxylic acids is 1. The summed E-state index contributed by atoms with van der Waals surface area (Å²) in [7, 11) is -13.7. The van der Waals surface area contributed by atoms with Gasteiger partial charge in [-0.25, -0.2) is 33.7 Å². The lowest BCUT2D eigenvalue weighted by molar-refractivity contribution is 0.100. The molecule has 392 valence electrons. The van der Waals surface area contributed by atoms with Crippen molar-refractivity contribution >= 4 is 57.3 Å². The topological polar surface area (TPSA) is 238 Å². The minimum Gasteiger partial charge on any atom is -0.415 e. The molecule has 2 fully saturated rings. The molecule has 0 atom stereocenters. The van der Waals surface area contributed by atoms with Gasteiger partial charge in [-0.05, 0) is 73.5 Å². The van der Waals surface area contributed by atoms with E-state index < -0.39 is 52.4 Å². The second kappa shape index (κ2) is 25.1. The number of para-hydroxylation sites is 2. The number of halogens is 2. The number of hydrogen-bond donors (Lipinski definition) is 1. The van der Waals surface area contributed by atoms with Crippen molar-refractivity contribution in [3.05, 3.63) is 132 Å². The quantitative estimate of drug-likeness (QED) is 0.0961. The minimum atomic E-state index is -3.70. The maximum atomic E-state index is 13.4. The number of ketones is 1. The van der Waals surface area contributed by atoms with E-state index >= 15 is 0 Å². The van der Waals surface area contributed by atoms with E-state index in [0.717, 1.165) is 5.56 Å². The molecule has 0 spiro atoms. The highest BCUT2D eigenvalue weighted by molar-refractivity contribution is 7.93. The summed E-state index contributed by atoms with van der Waals surface area (Å²) in [5.41, 5.74) is 8.90. The summed E-state index contributed by atoms with van der Waals surface area (Å²) in [6.45, 7) is 5.18. The van der Waals surface area contributed by atoms with Crippen LogP contribution in [-0.2, 0) is 53.2 Å². The Kier molecular flexibility index (Phi) is 19.6.